The van der Waals surface area contributed by atoms with Crippen LogP contribution in [0, 0.1) is 5.92 Å². The summed E-state index contributed by atoms with van der Waals surface area (Å²) in [6.45, 7) is 10.7. The number of piperidine rings is 1. The molecule has 26 heavy (non-hydrogen) atoms. The third-order valence-corrected chi connectivity index (χ3v) is 6.95. The molecule has 1 saturated heterocycles. The van der Waals surface area contributed by atoms with E-state index in [1.54, 1.807) is 16.2 Å². The molecule has 5 heterocycles. The molecule has 0 bridgehead atoms. The quantitative estimate of drug-likeness (QED) is 0.748. The van der Waals surface area contributed by atoms with Gasteiger partial charge in [0.25, 0.3) is 0 Å². The Morgan fingerprint density at radius 2 is 2.15 bits per heavy atom. The van der Waals surface area contributed by atoms with E-state index in [9.17, 15) is 0 Å². The lowest BCUT2D eigenvalue weighted by Crippen LogP contribution is -3.11. The number of hydrogen-bond acceptors (Lipinski definition) is 5. The summed E-state index contributed by atoms with van der Waals surface area (Å²) in [6, 6.07) is 0. The van der Waals surface area contributed by atoms with Crippen molar-refractivity contribution in [1.82, 2.24) is 19.6 Å². The van der Waals surface area contributed by atoms with Gasteiger partial charge >= 0.3 is 0 Å². The van der Waals surface area contributed by atoms with E-state index in [1.807, 2.05) is 10.8 Å². The zero-order chi connectivity index (χ0) is 17.9. The lowest BCUT2D eigenvalue weighted by molar-refractivity contribution is -0.920. The monoisotopic (exact) mass is 372 g/mol. The Morgan fingerprint density at radius 1 is 1.35 bits per heavy atom. The van der Waals surface area contributed by atoms with Gasteiger partial charge in [0.05, 0.1) is 30.7 Å². The van der Waals surface area contributed by atoms with Crippen molar-refractivity contribution in [3.05, 3.63) is 22.6 Å². The Morgan fingerprint density at radius 3 is 2.96 bits per heavy atom. The number of nitrogens with one attached hydrogen (secondary N) is 1. The van der Waals surface area contributed by atoms with Crippen LogP contribution >= 0.6 is 11.3 Å². The fraction of sp³-hybridized carbons (Fsp3) is 0.632. The lowest BCUT2D eigenvalue weighted by Gasteiger charge is -2.30. The highest BCUT2D eigenvalue weighted by Gasteiger charge is 2.31. The van der Waals surface area contributed by atoms with Crippen molar-refractivity contribution < 1.29 is 9.64 Å². The molecule has 138 valence electrons. The molecule has 1 N–H and O–H groups in total. The number of nitrogens with zero attached hydrogens (tertiary/aromatic N) is 4. The third-order valence-electron chi connectivity index (χ3n) is 5.84. The van der Waals surface area contributed by atoms with Crippen molar-refractivity contribution in [3.63, 3.8) is 0 Å². The number of fused-ring (bicyclic) bond motifs is 5. The Bertz CT molecular complexity index is 967. The van der Waals surface area contributed by atoms with E-state index >= 15 is 0 Å². The fourth-order valence-corrected chi connectivity index (χ4v) is 5.30. The number of ether oxygens (including phenoxy) is 1. The van der Waals surface area contributed by atoms with Gasteiger partial charge in [-0.2, -0.15) is 0 Å². The molecule has 0 saturated carbocycles. The Hall–Kier alpha value is -1.57. The minimum Gasteiger partial charge on any atom is -0.370 e. The van der Waals surface area contributed by atoms with E-state index in [-0.39, 0.29) is 5.60 Å². The molecule has 0 radical (unpaired) electrons. The van der Waals surface area contributed by atoms with Crippen LogP contribution in [-0.4, -0.2) is 38.3 Å². The molecule has 0 unspecified atom stereocenters. The highest BCUT2D eigenvalue weighted by Crippen LogP contribution is 2.39. The average molecular weight is 373 g/mol. The number of likely N-dealkylation sites (tertiary alicyclic amines) is 1. The number of aromatic nitrogens is 4. The summed E-state index contributed by atoms with van der Waals surface area (Å²) in [5.41, 5.74) is 2.19. The van der Waals surface area contributed by atoms with Gasteiger partial charge in [-0.3, -0.25) is 0 Å². The first-order chi connectivity index (χ1) is 12.5. The standard InChI is InChI=1S/C19H25N5OS/c1-12-4-6-23(7-5-12)9-15-21-17-16-13-8-19(2,3)25-10-14(13)26-18(16)20-11-24(17)22-15/h11-12H,4-10H2,1-3H3/p+1. The molecule has 0 aliphatic carbocycles. The van der Waals surface area contributed by atoms with Gasteiger partial charge < -0.3 is 9.64 Å². The van der Waals surface area contributed by atoms with Crippen molar-refractivity contribution in [2.45, 2.75) is 58.8 Å². The van der Waals surface area contributed by atoms with Gasteiger partial charge in [-0.05, 0) is 38.2 Å². The second kappa shape index (κ2) is 5.97. The predicted molar refractivity (Wildman–Crippen MR) is 102 cm³/mol. The minimum absolute atomic E-state index is 0.134. The van der Waals surface area contributed by atoms with Crippen LogP contribution in [0.5, 0.6) is 0 Å². The van der Waals surface area contributed by atoms with Gasteiger partial charge in [-0.25, -0.2) is 14.5 Å². The molecule has 5 rings (SSSR count). The Balaban J connectivity index is 1.54. The van der Waals surface area contributed by atoms with Gasteiger partial charge in [0.2, 0.25) is 5.82 Å². The first-order valence-electron chi connectivity index (χ1n) is 9.60. The molecule has 6 nitrogen and oxygen atoms in total. The molecule has 3 aromatic heterocycles. The van der Waals surface area contributed by atoms with E-state index in [4.69, 9.17) is 14.8 Å². The van der Waals surface area contributed by atoms with Crippen molar-refractivity contribution in [2.24, 2.45) is 5.92 Å². The van der Waals surface area contributed by atoms with E-state index in [0.29, 0.717) is 6.61 Å². The lowest BCUT2D eigenvalue weighted by atomic mass is 9.94. The maximum absolute atomic E-state index is 5.98. The molecule has 7 heteroatoms. The summed E-state index contributed by atoms with van der Waals surface area (Å²) in [5, 5.41) is 5.92. The minimum atomic E-state index is -0.134. The summed E-state index contributed by atoms with van der Waals surface area (Å²) < 4.78 is 7.86. The number of hydrogen-bond donors (Lipinski definition) is 1. The molecule has 0 atom stereocenters. The number of thiophene rings is 1. The summed E-state index contributed by atoms with van der Waals surface area (Å²) in [7, 11) is 0. The molecule has 0 aromatic carbocycles. The molecule has 2 aliphatic rings. The zero-order valence-electron chi connectivity index (χ0n) is 15.7. The van der Waals surface area contributed by atoms with Crippen LogP contribution in [0.15, 0.2) is 6.33 Å². The molecule has 3 aromatic rings. The van der Waals surface area contributed by atoms with Gasteiger partial charge in [0.15, 0.2) is 5.65 Å². The Kier molecular flexibility index (Phi) is 3.81. The van der Waals surface area contributed by atoms with Crippen LogP contribution in [-0.2, 0) is 24.3 Å². The molecule has 0 amide bonds. The first-order valence-corrected chi connectivity index (χ1v) is 10.4. The predicted octanol–water partition coefficient (Wildman–Crippen LogP) is 2.01. The van der Waals surface area contributed by atoms with Crippen molar-refractivity contribution in [1.29, 1.82) is 0 Å². The summed E-state index contributed by atoms with van der Waals surface area (Å²) >= 11 is 1.74. The van der Waals surface area contributed by atoms with Gasteiger partial charge in [0.1, 0.15) is 17.7 Å². The average Bonchev–Trinajstić information content (AvgIpc) is 3.16. The van der Waals surface area contributed by atoms with Crippen molar-refractivity contribution >= 4 is 27.2 Å². The third kappa shape index (κ3) is 2.82. The zero-order valence-corrected chi connectivity index (χ0v) is 16.5. The van der Waals surface area contributed by atoms with Crippen molar-refractivity contribution in [2.75, 3.05) is 13.1 Å². The van der Waals surface area contributed by atoms with Crippen LogP contribution in [0.4, 0.5) is 0 Å². The highest BCUT2D eigenvalue weighted by molar-refractivity contribution is 7.19. The summed E-state index contributed by atoms with van der Waals surface area (Å²) in [4.78, 5) is 13.5. The van der Waals surface area contributed by atoms with Crippen LogP contribution in [0.1, 0.15) is 49.9 Å². The normalized spacial score (nSPS) is 25.7. The second-order valence-electron chi connectivity index (χ2n) is 8.56. The van der Waals surface area contributed by atoms with Gasteiger partial charge in [-0.1, -0.05) is 6.92 Å². The maximum atomic E-state index is 5.98. The smallest absolute Gasteiger partial charge is 0.206 e. The largest absolute Gasteiger partial charge is 0.370 e. The second-order valence-corrected chi connectivity index (χ2v) is 9.64. The molecule has 1 fully saturated rings. The molecular weight excluding hydrogens is 346 g/mol. The first kappa shape index (κ1) is 16.6. The SMILES string of the molecule is CC1CC[NH+](Cc2nc3c4c5c(sc4ncn3n2)COC(C)(C)C5)CC1. The van der Waals surface area contributed by atoms with Crippen LogP contribution < -0.4 is 4.90 Å². The van der Waals surface area contributed by atoms with Gasteiger partial charge in [-0.15, -0.1) is 16.4 Å². The molecule has 2 aliphatic heterocycles. The Labute approximate surface area is 157 Å². The molecule has 0 spiro atoms. The van der Waals surface area contributed by atoms with Crippen LogP contribution in [0.3, 0.4) is 0 Å². The highest BCUT2D eigenvalue weighted by atomic mass is 32.1. The van der Waals surface area contributed by atoms with Crippen molar-refractivity contribution in [3.8, 4) is 0 Å². The van der Waals surface area contributed by atoms with E-state index < -0.39 is 0 Å². The van der Waals surface area contributed by atoms with Gasteiger partial charge in [0, 0.05) is 11.3 Å². The summed E-state index contributed by atoms with van der Waals surface area (Å²) in [6.07, 6.45) is 5.33. The van der Waals surface area contributed by atoms with E-state index in [2.05, 4.69) is 25.8 Å². The number of quaternary nitrogens is 1. The molecular formula is C19H26N5OS+. The number of rotatable bonds is 2. The van der Waals surface area contributed by atoms with E-state index in [1.165, 1.54) is 41.8 Å². The van der Waals surface area contributed by atoms with Crippen LogP contribution in [0.2, 0.25) is 0 Å². The maximum Gasteiger partial charge on any atom is 0.206 e. The van der Waals surface area contributed by atoms with Crippen LogP contribution in [0.25, 0.3) is 15.9 Å². The van der Waals surface area contributed by atoms with E-state index in [0.717, 1.165) is 35.2 Å². The fourth-order valence-electron chi connectivity index (χ4n) is 4.23. The topological polar surface area (TPSA) is 56.8 Å². The summed E-state index contributed by atoms with van der Waals surface area (Å²) in [5.74, 6) is 1.80.